The maximum Gasteiger partial charge on any atom is 0.244 e. The van der Waals surface area contributed by atoms with Crippen LogP contribution in [0, 0.1) is 11.3 Å². The number of benzene rings is 1. The summed E-state index contributed by atoms with van der Waals surface area (Å²) in [6.45, 7) is 1.08. The third kappa shape index (κ3) is 3.29. The highest BCUT2D eigenvalue weighted by molar-refractivity contribution is 7.89. The summed E-state index contributed by atoms with van der Waals surface area (Å²) in [5, 5.41) is 9.00. The van der Waals surface area contributed by atoms with Crippen LogP contribution >= 0.6 is 12.4 Å². The Bertz CT molecular complexity index is 600. The van der Waals surface area contributed by atoms with Gasteiger partial charge in [0.2, 0.25) is 10.0 Å². The Morgan fingerprint density at radius 2 is 2.15 bits per heavy atom. The van der Waals surface area contributed by atoms with Crippen molar-refractivity contribution in [1.82, 2.24) is 4.31 Å². The van der Waals surface area contributed by atoms with E-state index in [4.69, 9.17) is 15.7 Å². The first-order valence-corrected chi connectivity index (χ1v) is 7.34. The highest BCUT2D eigenvalue weighted by Gasteiger charge is 2.31. The van der Waals surface area contributed by atoms with Crippen LogP contribution in [0.2, 0.25) is 0 Å². The number of ether oxygens (including phenoxy) is 1. The number of hydrogen-bond acceptors (Lipinski definition) is 5. The van der Waals surface area contributed by atoms with Gasteiger partial charge in [-0.3, -0.25) is 0 Å². The van der Waals surface area contributed by atoms with Gasteiger partial charge in [0.05, 0.1) is 23.2 Å². The van der Waals surface area contributed by atoms with Crippen LogP contribution in [0.5, 0.6) is 0 Å². The summed E-state index contributed by atoms with van der Waals surface area (Å²) in [4.78, 5) is 0.0372. The van der Waals surface area contributed by atoms with Gasteiger partial charge in [-0.1, -0.05) is 12.1 Å². The predicted octanol–water partition coefficient (Wildman–Crippen LogP) is 0.328. The number of hydrogen-bond donors (Lipinski definition) is 1. The maximum absolute atomic E-state index is 12.5. The van der Waals surface area contributed by atoms with Crippen molar-refractivity contribution < 1.29 is 13.2 Å². The van der Waals surface area contributed by atoms with E-state index in [-0.39, 0.29) is 48.6 Å². The van der Waals surface area contributed by atoms with Gasteiger partial charge < -0.3 is 10.5 Å². The van der Waals surface area contributed by atoms with Gasteiger partial charge in [0, 0.05) is 19.6 Å². The molecule has 0 amide bonds. The van der Waals surface area contributed by atoms with Gasteiger partial charge in [0.1, 0.15) is 6.07 Å². The van der Waals surface area contributed by atoms with E-state index in [9.17, 15) is 8.42 Å². The van der Waals surface area contributed by atoms with Crippen LogP contribution in [-0.2, 0) is 14.8 Å². The van der Waals surface area contributed by atoms with E-state index in [0.29, 0.717) is 6.61 Å². The minimum atomic E-state index is -3.67. The predicted molar refractivity (Wildman–Crippen MR) is 76.0 cm³/mol. The largest absolute Gasteiger partial charge is 0.374 e. The smallest absolute Gasteiger partial charge is 0.244 e. The van der Waals surface area contributed by atoms with Crippen molar-refractivity contribution in [2.24, 2.45) is 5.73 Å². The molecule has 0 unspecified atom stereocenters. The molecule has 1 atom stereocenters. The molecule has 2 rings (SSSR count). The minimum absolute atomic E-state index is 0. The number of nitrogens with two attached hydrogens (primary N) is 1. The Kier molecular flexibility index (Phi) is 5.92. The fourth-order valence-electron chi connectivity index (χ4n) is 1.98. The van der Waals surface area contributed by atoms with E-state index in [1.54, 1.807) is 12.1 Å². The molecule has 0 saturated carbocycles. The number of sulfonamides is 1. The molecule has 0 bridgehead atoms. The molecule has 0 aromatic heterocycles. The standard InChI is InChI=1S/C12H15N3O3S.ClH/c13-7-10-3-1-2-4-12(10)19(16,17)15-5-6-18-11(8-14)9-15;/h1-4,11H,5-6,8-9,14H2;1H/t11-;/m1./s1. The molecule has 0 aliphatic carbocycles. The number of rotatable bonds is 3. The van der Waals surface area contributed by atoms with E-state index in [1.807, 2.05) is 6.07 Å². The van der Waals surface area contributed by atoms with Crippen LogP contribution < -0.4 is 5.73 Å². The van der Waals surface area contributed by atoms with Crippen LogP contribution in [0.1, 0.15) is 5.56 Å². The second kappa shape index (κ2) is 7.02. The average Bonchev–Trinajstić information content (AvgIpc) is 2.47. The van der Waals surface area contributed by atoms with E-state index in [1.165, 1.54) is 16.4 Å². The summed E-state index contributed by atoms with van der Waals surface area (Å²) < 4.78 is 31.7. The summed E-state index contributed by atoms with van der Waals surface area (Å²) in [6.07, 6.45) is -0.294. The number of nitrogens with zero attached hydrogens (tertiary/aromatic N) is 2. The van der Waals surface area contributed by atoms with Crippen molar-refractivity contribution in [3.8, 4) is 6.07 Å². The first-order valence-electron chi connectivity index (χ1n) is 5.90. The Labute approximate surface area is 124 Å². The average molecular weight is 318 g/mol. The molecule has 20 heavy (non-hydrogen) atoms. The monoisotopic (exact) mass is 317 g/mol. The second-order valence-electron chi connectivity index (χ2n) is 4.20. The Morgan fingerprint density at radius 3 is 2.80 bits per heavy atom. The van der Waals surface area contributed by atoms with Gasteiger partial charge in [-0.2, -0.15) is 9.57 Å². The molecule has 0 spiro atoms. The molecule has 2 N–H and O–H groups in total. The molecule has 1 aromatic carbocycles. The molecule has 110 valence electrons. The van der Waals surface area contributed by atoms with Gasteiger partial charge in [0.15, 0.2) is 0 Å². The zero-order chi connectivity index (χ0) is 13.9. The van der Waals surface area contributed by atoms with Gasteiger partial charge in [0.25, 0.3) is 0 Å². The van der Waals surface area contributed by atoms with Crippen LogP contribution in [0.4, 0.5) is 0 Å². The normalized spacial score (nSPS) is 19.9. The first-order chi connectivity index (χ1) is 9.09. The molecule has 0 radical (unpaired) electrons. The lowest BCUT2D eigenvalue weighted by Gasteiger charge is -2.31. The molecule has 1 aromatic rings. The third-order valence-electron chi connectivity index (χ3n) is 2.99. The van der Waals surface area contributed by atoms with Crippen LogP contribution in [-0.4, -0.2) is 45.1 Å². The number of halogens is 1. The van der Waals surface area contributed by atoms with E-state index in [0.717, 1.165) is 0 Å². The lowest BCUT2D eigenvalue weighted by atomic mass is 10.2. The fourth-order valence-corrected chi connectivity index (χ4v) is 3.57. The molecule has 6 nitrogen and oxygen atoms in total. The summed E-state index contributed by atoms with van der Waals surface area (Å²) in [7, 11) is -3.67. The second-order valence-corrected chi connectivity index (χ2v) is 6.11. The highest BCUT2D eigenvalue weighted by atomic mass is 35.5. The minimum Gasteiger partial charge on any atom is -0.374 e. The Morgan fingerprint density at radius 1 is 1.45 bits per heavy atom. The highest BCUT2D eigenvalue weighted by Crippen LogP contribution is 2.21. The van der Waals surface area contributed by atoms with Crippen molar-refractivity contribution in [1.29, 1.82) is 5.26 Å². The van der Waals surface area contributed by atoms with E-state index in [2.05, 4.69) is 0 Å². The van der Waals surface area contributed by atoms with Gasteiger partial charge in [-0.25, -0.2) is 8.42 Å². The number of nitriles is 1. The van der Waals surface area contributed by atoms with Gasteiger partial charge >= 0.3 is 0 Å². The zero-order valence-electron chi connectivity index (χ0n) is 10.7. The third-order valence-corrected chi connectivity index (χ3v) is 4.91. The Hall–Kier alpha value is -1.17. The number of morpholine rings is 1. The SMILES string of the molecule is Cl.N#Cc1ccccc1S(=O)(=O)N1CCO[C@H](CN)C1. The molecule has 1 aliphatic rings. The topological polar surface area (TPSA) is 96.4 Å². The van der Waals surface area contributed by atoms with Crippen molar-refractivity contribution >= 4 is 22.4 Å². The molecule has 1 heterocycles. The lowest BCUT2D eigenvalue weighted by Crippen LogP contribution is -2.48. The lowest BCUT2D eigenvalue weighted by molar-refractivity contribution is 0.00450. The Balaban J connectivity index is 0.00000200. The molecule has 1 saturated heterocycles. The fraction of sp³-hybridized carbons (Fsp3) is 0.417. The van der Waals surface area contributed by atoms with Crippen molar-refractivity contribution in [2.45, 2.75) is 11.0 Å². The molecule has 1 fully saturated rings. The maximum atomic E-state index is 12.5. The summed E-state index contributed by atoms with van der Waals surface area (Å²) >= 11 is 0. The van der Waals surface area contributed by atoms with Crippen molar-refractivity contribution in [3.05, 3.63) is 29.8 Å². The summed E-state index contributed by atoms with van der Waals surface area (Å²) in [5.41, 5.74) is 5.66. The van der Waals surface area contributed by atoms with E-state index < -0.39 is 10.0 Å². The van der Waals surface area contributed by atoms with Crippen LogP contribution in [0.25, 0.3) is 0 Å². The van der Waals surface area contributed by atoms with Crippen LogP contribution in [0.15, 0.2) is 29.2 Å². The van der Waals surface area contributed by atoms with Crippen molar-refractivity contribution in [2.75, 3.05) is 26.2 Å². The summed E-state index contributed by atoms with van der Waals surface area (Å²) in [6, 6.07) is 8.09. The zero-order valence-corrected chi connectivity index (χ0v) is 12.4. The van der Waals surface area contributed by atoms with Crippen molar-refractivity contribution in [3.63, 3.8) is 0 Å². The molecule has 8 heteroatoms. The molecular weight excluding hydrogens is 302 g/mol. The molecule has 1 aliphatic heterocycles. The van der Waals surface area contributed by atoms with Gasteiger partial charge in [-0.05, 0) is 12.1 Å². The summed E-state index contributed by atoms with van der Waals surface area (Å²) in [5.74, 6) is 0. The molecular formula is C12H16ClN3O3S. The van der Waals surface area contributed by atoms with Gasteiger partial charge in [-0.15, -0.1) is 12.4 Å². The quantitative estimate of drug-likeness (QED) is 0.866. The van der Waals surface area contributed by atoms with Crippen LogP contribution in [0.3, 0.4) is 0 Å². The van der Waals surface area contributed by atoms with E-state index >= 15 is 0 Å². The first kappa shape index (κ1) is 16.9.